The summed E-state index contributed by atoms with van der Waals surface area (Å²) in [6.45, 7) is 0. The lowest BCUT2D eigenvalue weighted by Crippen LogP contribution is -2.06. The Morgan fingerprint density at radius 2 is 1.94 bits per heavy atom. The van der Waals surface area contributed by atoms with Crippen molar-refractivity contribution in [3.63, 3.8) is 0 Å². The van der Waals surface area contributed by atoms with E-state index in [2.05, 4.69) is 20.9 Å². The van der Waals surface area contributed by atoms with E-state index in [1.54, 1.807) is 6.07 Å². The van der Waals surface area contributed by atoms with E-state index in [9.17, 15) is 13.6 Å². The molecular weight excluding hydrogens is 292 g/mol. The molecule has 0 amide bonds. The second kappa shape index (κ2) is 4.71. The third kappa shape index (κ3) is 2.39. The van der Waals surface area contributed by atoms with Crippen LogP contribution in [0.25, 0.3) is 0 Å². The van der Waals surface area contributed by atoms with Gasteiger partial charge in [-0.3, -0.25) is 4.79 Å². The average Bonchev–Trinajstić information content (AvgIpc) is 2.33. The maximum absolute atomic E-state index is 13.6. The molecule has 0 N–H and O–H groups in total. The fourth-order valence-corrected chi connectivity index (χ4v) is 1.69. The maximum Gasteiger partial charge on any atom is 0.214 e. The van der Waals surface area contributed by atoms with Crippen molar-refractivity contribution in [3.8, 4) is 0 Å². The Morgan fingerprint density at radius 3 is 2.59 bits per heavy atom. The van der Waals surface area contributed by atoms with Gasteiger partial charge in [-0.15, -0.1) is 0 Å². The molecule has 1 heterocycles. The predicted octanol–water partition coefficient (Wildman–Crippen LogP) is 3.35. The lowest BCUT2D eigenvalue weighted by molar-refractivity contribution is 0.103. The van der Waals surface area contributed by atoms with Gasteiger partial charge in [0.2, 0.25) is 5.78 Å². The molecule has 0 atom stereocenters. The molecule has 0 aliphatic carbocycles. The summed E-state index contributed by atoms with van der Waals surface area (Å²) in [5, 5.41) is 0. The number of benzene rings is 1. The van der Waals surface area contributed by atoms with Gasteiger partial charge in [-0.2, -0.15) is 0 Å². The smallest absolute Gasteiger partial charge is 0.214 e. The van der Waals surface area contributed by atoms with Crippen molar-refractivity contribution in [2.45, 2.75) is 0 Å². The van der Waals surface area contributed by atoms with Crippen LogP contribution in [0, 0.1) is 11.6 Å². The van der Waals surface area contributed by atoms with Crippen LogP contribution in [0.15, 0.2) is 41.0 Å². The number of rotatable bonds is 2. The van der Waals surface area contributed by atoms with Gasteiger partial charge >= 0.3 is 0 Å². The van der Waals surface area contributed by atoms with Crippen LogP contribution in [-0.2, 0) is 0 Å². The summed E-state index contributed by atoms with van der Waals surface area (Å²) in [5.41, 5.74) is -0.0955. The zero-order valence-electron chi connectivity index (χ0n) is 8.45. The molecule has 2 rings (SSSR count). The molecule has 5 heteroatoms. The largest absolute Gasteiger partial charge is 0.287 e. The Balaban J connectivity index is 2.44. The topological polar surface area (TPSA) is 30.0 Å². The van der Waals surface area contributed by atoms with E-state index in [-0.39, 0.29) is 15.7 Å². The first-order valence-corrected chi connectivity index (χ1v) is 5.49. The molecule has 0 radical (unpaired) electrons. The number of hydrogen-bond acceptors (Lipinski definition) is 2. The highest BCUT2D eigenvalue weighted by Gasteiger charge is 2.16. The fraction of sp³-hybridized carbons (Fsp3) is 0. The summed E-state index contributed by atoms with van der Waals surface area (Å²) in [7, 11) is 0. The third-order valence-corrected chi connectivity index (χ3v) is 2.77. The van der Waals surface area contributed by atoms with E-state index in [0.717, 1.165) is 12.3 Å². The summed E-state index contributed by atoms with van der Waals surface area (Å²) in [4.78, 5) is 15.5. The van der Waals surface area contributed by atoms with Crippen molar-refractivity contribution in [1.82, 2.24) is 4.98 Å². The molecule has 86 valence electrons. The normalized spacial score (nSPS) is 10.3. The number of ketones is 1. The second-order valence-corrected chi connectivity index (χ2v) is 4.15. The molecule has 1 aromatic heterocycles. The van der Waals surface area contributed by atoms with Gasteiger partial charge in [-0.05, 0) is 40.2 Å². The highest BCUT2D eigenvalue weighted by atomic mass is 79.9. The van der Waals surface area contributed by atoms with Gasteiger partial charge in [0.1, 0.15) is 17.3 Å². The van der Waals surface area contributed by atoms with Crippen molar-refractivity contribution in [2.75, 3.05) is 0 Å². The molecule has 0 bridgehead atoms. The van der Waals surface area contributed by atoms with Gasteiger partial charge in [-0.1, -0.05) is 6.07 Å². The summed E-state index contributed by atoms with van der Waals surface area (Å²) >= 11 is 2.99. The zero-order chi connectivity index (χ0) is 12.4. The van der Waals surface area contributed by atoms with E-state index in [4.69, 9.17) is 0 Å². The predicted molar refractivity (Wildman–Crippen MR) is 61.7 cm³/mol. The Labute approximate surface area is 104 Å². The van der Waals surface area contributed by atoms with Crippen LogP contribution in [0.5, 0.6) is 0 Å². The van der Waals surface area contributed by atoms with Gasteiger partial charge in [0.05, 0.1) is 16.2 Å². The van der Waals surface area contributed by atoms with E-state index < -0.39 is 17.4 Å². The first-order valence-electron chi connectivity index (χ1n) is 4.70. The van der Waals surface area contributed by atoms with Crippen molar-refractivity contribution < 1.29 is 13.6 Å². The SMILES string of the molecule is O=C(c1ccc(F)cn1)c1cccc(Br)c1F. The van der Waals surface area contributed by atoms with Crippen LogP contribution < -0.4 is 0 Å². The third-order valence-electron chi connectivity index (χ3n) is 2.16. The minimum Gasteiger partial charge on any atom is -0.287 e. The van der Waals surface area contributed by atoms with Gasteiger partial charge in [-0.25, -0.2) is 13.8 Å². The standard InChI is InChI=1S/C12H6BrF2NO/c13-9-3-1-2-8(11(9)15)12(17)10-5-4-7(14)6-16-10/h1-6H. The first kappa shape index (κ1) is 11.9. The average molecular weight is 298 g/mol. The molecule has 0 fully saturated rings. The minimum atomic E-state index is -0.649. The molecule has 0 aliphatic rings. The molecule has 2 nitrogen and oxygen atoms in total. The van der Waals surface area contributed by atoms with Gasteiger partial charge < -0.3 is 0 Å². The molecular formula is C12H6BrF2NO. The number of nitrogens with zero attached hydrogens (tertiary/aromatic N) is 1. The summed E-state index contributed by atoms with van der Waals surface area (Å²) in [6, 6.07) is 6.72. The van der Waals surface area contributed by atoms with Crippen LogP contribution in [0.3, 0.4) is 0 Å². The number of pyridine rings is 1. The van der Waals surface area contributed by atoms with E-state index in [1.807, 2.05) is 0 Å². The van der Waals surface area contributed by atoms with Crippen LogP contribution in [0.4, 0.5) is 8.78 Å². The second-order valence-electron chi connectivity index (χ2n) is 3.29. The lowest BCUT2D eigenvalue weighted by Gasteiger charge is -2.03. The number of halogens is 3. The van der Waals surface area contributed by atoms with Crippen LogP contribution >= 0.6 is 15.9 Å². The number of carbonyl (C=O) groups excluding carboxylic acids is 1. The van der Waals surface area contributed by atoms with Gasteiger partial charge in [0, 0.05) is 0 Å². The monoisotopic (exact) mass is 297 g/mol. The zero-order valence-corrected chi connectivity index (χ0v) is 10.0. The van der Waals surface area contributed by atoms with E-state index >= 15 is 0 Å². The minimum absolute atomic E-state index is 0.00315. The van der Waals surface area contributed by atoms with E-state index in [0.29, 0.717) is 0 Å². The molecule has 17 heavy (non-hydrogen) atoms. The molecule has 0 saturated carbocycles. The number of hydrogen-bond donors (Lipinski definition) is 0. The molecule has 0 aliphatic heterocycles. The summed E-state index contributed by atoms with van der Waals surface area (Å²) < 4.78 is 26.5. The summed E-state index contributed by atoms with van der Waals surface area (Å²) in [6.07, 6.45) is 0.920. The van der Waals surface area contributed by atoms with Crippen LogP contribution in [0.1, 0.15) is 16.1 Å². The number of aromatic nitrogens is 1. The highest BCUT2D eigenvalue weighted by molar-refractivity contribution is 9.10. The Kier molecular flexibility index (Phi) is 3.28. The molecule has 2 aromatic rings. The fourth-order valence-electron chi connectivity index (χ4n) is 1.33. The van der Waals surface area contributed by atoms with Crippen molar-refractivity contribution in [1.29, 1.82) is 0 Å². The van der Waals surface area contributed by atoms with Crippen molar-refractivity contribution in [2.24, 2.45) is 0 Å². The molecule has 0 saturated heterocycles. The number of carbonyl (C=O) groups is 1. The molecule has 0 unspecified atom stereocenters. The maximum atomic E-state index is 13.6. The van der Waals surface area contributed by atoms with Gasteiger partial charge in [0.25, 0.3) is 0 Å². The Morgan fingerprint density at radius 1 is 1.18 bits per heavy atom. The van der Waals surface area contributed by atoms with Gasteiger partial charge in [0.15, 0.2) is 0 Å². The Hall–Kier alpha value is -1.62. The first-order chi connectivity index (χ1) is 8.09. The van der Waals surface area contributed by atoms with Crippen LogP contribution in [-0.4, -0.2) is 10.8 Å². The summed E-state index contributed by atoms with van der Waals surface area (Å²) in [5.74, 6) is -1.77. The van der Waals surface area contributed by atoms with Crippen molar-refractivity contribution in [3.05, 3.63) is 63.9 Å². The Bertz CT molecular complexity index is 569. The van der Waals surface area contributed by atoms with E-state index in [1.165, 1.54) is 18.2 Å². The van der Waals surface area contributed by atoms with Crippen molar-refractivity contribution >= 4 is 21.7 Å². The van der Waals surface area contributed by atoms with Crippen LogP contribution in [0.2, 0.25) is 0 Å². The quantitative estimate of drug-likeness (QED) is 0.796. The molecule has 1 aromatic carbocycles. The lowest BCUT2D eigenvalue weighted by atomic mass is 10.1. The molecule has 0 spiro atoms. The highest BCUT2D eigenvalue weighted by Crippen LogP contribution is 2.20.